The molecule has 0 radical (unpaired) electrons. The summed E-state index contributed by atoms with van der Waals surface area (Å²) < 4.78 is 5.32. The molecule has 0 bridgehead atoms. The van der Waals surface area contributed by atoms with Gasteiger partial charge in [0.1, 0.15) is 5.75 Å². The van der Waals surface area contributed by atoms with E-state index >= 15 is 0 Å². The Morgan fingerprint density at radius 3 is 2.78 bits per heavy atom. The third-order valence-corrected chi connectivity index (χ3v) is 3.38. The van der Waals surface area contributed by atoms with Crippen LogP contribution in [-0.2, 0) is 0 Å². The number of hydrogen-bond donors (Lipinski definition) is 2. The number of ether oxygens (including phenoxy) is 1. The molecular formula is C14H22N2O2. The lowest BCUT2D eigenvalue weighted by Crippen LogP contribution is -2.45. The van der Waals surface area contributed by atoms with Crippen LogP contribution >= 0.6 is 0 Å². The Hall–Kier alpha value is -1.10. The van der Waals surface area contributed by atoms with E-state index in [-0.39, 0.29) is 0 Å². The first kappa shape index (κ1) is 13.3. The van der Waals surface area contributed by atoms with Crippen LogP contribution in [0.2, 0.25) is 0 Å². The number of aryl methyl sites for hydroxylation is 1. The van der Waals surface area contributed by atoms with Gasteiger partial charge in [0.05, 0.1) is 13.2 Å². The number of nitrogens with one attached hydrogen (secondary N) is 1. The number of piperazine rings is 1. The molecule has 0 aromatic heterocycles. The summed E-state index contributed by atoms with van der Waals surface area (Å²) in [6, 6.07) is 5.93. The molecule has 0 saturated carbocycles. The van der Waals surface area contributed by atoms with Gasteiger partial charge in [-0.25, -0.2) is 0 Å². The molecule has 2 N–H and O–H groups in total. The SMILES string of the molecule is COc1ccc(C)cc1C(O)CN1CCNCC1. The summed E-state index contributed by atoms with van der Waals surface area (Å²) in [5.74, 6) is 0.767. The molecule has 1 aliphatic rings. The lowest BCUT2D eigenvalue weighted by molar-refractivity contribution is 0.103. The Balaban J connectivity index is 2.07. The maximum absolute atomic E-state index is 10.4. The van der Waals surface area contributed by atoms with Crippen molar-refractivity contribution < 1.29 is 9.84 Å². The molecule has 0 spiro atoms. The van der Waals surface area contributed by atoms with E-state index in [0.29, 0.717) is 6.54 Å². The van der Waals surface area contributed by atoms with E-state index < -0.39 is 6.10 Å². The molecule has 1 aliphatic heterocycles. The molecule has 1 saturated heterocycles. The van der Waals surface area contributed by atoms with Crippen LogP contribution in [0.5, 0.6) is 5.75 Å². The number of β-amino-alcohol motifs (C(OH)–C–C–N with tert-alkyl or cyclic N) is 1. The summed E-state index contributed by atoms with van der Waals surface area (Å²) >= 11 is 0. The number of methoxy groups -OCH3 is 1. The summed E-state index contributed by atoms with van der Waals surface area (Å²) in [5, 5.41) is 13.7. The van der Waals surface area contributed by atoms with Crippen molar-refractivity contribution in [2.75, 3.05) is 39.8 Å². The average Bonchev–Trinajstić information content (AvgIpc) is 2.40. The number of benzene rings is 1. The lowest BCUT2D eigenvalue weighted by atomic mass is 10.0. The van der Waals surface area contributed by atoms with Gasteiger partial charge in [-0.3, -0.25) is 4.90 Å². The molecule has 1 unspecified atom stereocenters. The second kappa shape index (κ2) is 6.18. The van der Waals surface area contributed by atoms with E-state index in [1.54, 1.807) is 7.11 Å². The number of rotatable bonds is 4. The summed E-state index contributed by atoms with van der Waals surface area (Å²) in [6.07, 6.45) is -0.488. The third-order valence-electron chi connectivity index (χ3n) is 3.38. The first-order valence-corrected chi connectivity index (χ1v) is 6.46. The molecule has 100 valence electrons. The van der Waals surface area contributed by atoms with Crippen LogP contribution in [-0.4, -0.2) is 49.8 Å². The summed E-state index contributed by atoms with van der Waals surface area (Å²) in [7, 11) is 1.64. The maximum atomic E-state index is 10.4. The zero-order valence-electron chi connectivity index (χ0n) is 11.1. The van der Waals surface area contributed by atoms with Gasteiger partial charge in [0.2, 0.25) is 0 Å². The van der Waals surface area contributed by atoms with Crippen molar-refractivity contribution in [1.82, 2.24) is 10.2 Å². The van der Waals surface area contributed by atoms with Crippen molar-refractivity contribution in [3.8, 4) is 5.75 Å². The largest absolute Gasteiger partial charge is 0.496 e. The fourth-order valence-electron chi connectivity index (χ4n) is 2.35. The van der Waals surface area contributed by atoms with Crippen LogP contribution in [0, 0.1) is 6.92 Å². The molecule has 1 fully saturated rings. The van der Waals surface area contributed by atoms with Crippen LogP contribution < -0.4 is 10.1 Å². The number of aliphatic hydroxyl groups excluding tert-OH is 1. The summed E-state index contributed by atoms with van der Waals surface area (Å²) in [4.78, 5) is 2.28. The smallest absolute Gasteiger partial charge is 0.124 e. The second-order valence-corrected chi connectivity index (χ2v) is 4.81. The third kappa shape index (κ3) is 3.22. The monoisotopic (exact) mass is 250 g/mol. The molecule has 0 aliphatic carbocycles. The highest BCUT2D eigenvalue weighted by molar-refractivity contribution is 5.38. The number of hydrogen-bond acceptors (Lipinski definition) is 4. The van der Waals surface area contributed by atoms with Crippen molar-refractivity contribution in [2.45, 2.75) is 13.0 Å². The van der Waals surface area contributed by atoms with E-state index in [1.165, 1.54) is 0 Å². The topological polar surface area (TPSA) is 44.7 Å². The molecule has 4 heteroatoms. The Morgan fingerprint density at radius 2 is 2.11 bits per heavy atom. The predicted octanol–water partition coefficient (Wildman–Crippen LogP) is 0.942. The molecule has 4 nitrogen and oxygen atoms in total. The zero-order valence-corrected chi connectivity index (χ0v) is 11.1. The second-order valence-electron chi connectivity index (χ2n) is 4.81. The minimum absolute atomic E-state index is 0.488. The zero-order chi connectivity index (χ0) is 13.0. The molecule has 1 aromatic carbocycles. The van der Waals surface area contributed by atoms with Gasteiger partial charge >= 0.3 is 0 Å². The van der Waals surface area contributed by atoms with E-state index in [1.807, 2.05) is 25.1 Å². The molecule has 1 atom stereocenters. The van der Waals surface area contributed by atoms with E-state index in [4.69, 9.17) is 4.74 Å². The highest BCUT2D eigenvalue weighted by Gasteiger charge is 2.18. The fraction of sp³-hybridized carbons (Fsp3) is 0.571. The molecule has 2 rings (SSSR count). The number of aliphatic hydroxyl groups is 1. The van der Waals surface area contributed by atoms with E-state index in [0.717, 1.165) is 43.1 Å². The minimum atomic E-state index is -0.488. The van der Waals surface area contributed by atoms with Crippen molar-refractivity contribution in [2.24, 2.45) is 0 Å². The maximum Gasteiger partial charge on any atom is 0.124 e. The molecule has 0 amide bonds. The Bertz CT molecular complexity index is 389. The van der Waals surface area contributed by atoms with Crippen molar-refractivity contribution in [1.29, 1.82) is 0 Å². The first-order chi connectivity index (χ1) is 8.70. The van der Waals surface area contributed by atoms with Gasteiger partial charge in [-0.2, -0.15) is 0 Å². The van der Waals surface area contributed by atoms with Gasteiger partial charge in [-0.15, -0.1) is 0 Å². The van der Waals surface area contributed by atoms with Gasteiger partial charge < -0.3 is 15.2 Å². The number of nitrogens with zero attached hydrogens (tertiary/aromatic N) is 1. The van der Waals surface area contributed by atoms with Gasteiger partial charge in [0.25, 0.3) is 0 Å². The van der Waals surface area contributed by atoms with Gasteiger partial charge in [0.15, 0.2) is 0 Å². The Kier molecular flexibility index (Phi) is 4.58. The Labute approximate surface area is 109 Å². The van der Waals surface area contributed by atoms with Crippen molar-refractivity contribution >= 4 is 0 Å². The van der Waals surface area contributed by atoms with Crippen LogP contribution in [0.4, 0.5) is 0 Å². The van der Waals surface area contributed by atoms with Crippen molar-refractivity contribution in [3.05, 3.63) is 29.3 Å². The standard InChI is InChI=1S/C14H22N2O2/c1-11-3-4-14(18-2)12(9-11)13(17)10-16-7-5-15-6-8-16/h3-4,9,13,15,17H,5-8,10H2,1-2H3. The van der Waals surface area contributed by atoms with Crippen LogP contribution in [0.25, 0.3) is 0 Å². The minimum Gasteiger partial charge on any atom is -0.496 e. The summed E-state index contributed by atoms with van der Waals surface area (Å²) in [5.41, 5.74) is 2.03. The van der Waals surface area contributed by atoms with Gasteiger partial charge in [-0.05, 0) is 19.1 Å². The Morgan fingerprint density at radius 1 is 1.39 bits per heavy atom. The molecule has 18 heavy (non-hydrogen) atoms. The van der Waals surface area contributed by atoms with Crippen LogP contribution in [0.3, 0.4) is 0 Å². The highest BCUT2D eigenvalue weighted by Crippen LogP contribution is 2.26. The quantitative estimate of drug-likeness (QED) is 0.835. The van der Waals surface area contributed by atoms with Gasteiger partial charge in [0, 0.05) is 38.3 Å². The molecule has 1 heterocycles. The normalized spacial score (nSPS) is 18.6. The van der Waals surface area contributed by atoms with Crippen LogP contribution in [0.1, 0.15) is 17.2 Å². The predicted molar refractivity (Wildman–Crippen MR) is 72.0 cm³/mol. The summed E-state index contributed by atoms with van der Waals surface area (Å²) in [6.45, 7) is 6.67. The first-order valence-electron chi connectivity index (χ1n) is 6.46. The molecule has 1 aromatic rings. The van der Waals surface area contributed by atoms with Crippen molar-refractivity contribution in [3.63, 3.8) is 0 Å². The fourth-order valence-corrected chi connectivity index (χ4v) is 2.35. The van der Waals surface area contributed by atoms with Gasteiger partial charge in [-0.1, -0.05) is 11.6 Å². The van der Waals surface area contributed by atoms with E-state index in [9.17, 15) is 5.11 Å². The van der Waals surface area contributed by atoms with Crippen LogP contribution in [0.15, 0.2) is 18.2 Å². The average molecular weight is 250 g/mol. The van der Waals surface area contributed by atoms with E-state index in [2.05, 4.69) is 10.2 Å². The lowest BCUT2D eigenvalue weighted by Gasteiger charge is -2.29. The molecular weight excluding hydrogens is 228 g/mol. The highest BCUT2D eigenvalue weighted by atomic mass is 16.5.